The number of rotatable bonds is 3. The van der Waals surface area contributed by atoms with E-state index in [4.69, 9.17) is 0 Å². The summed E-state index contributed by atoms with van der Waals surface area (Å²) in [5.74, 6) is 1.71. The largest absolute Gasteiger partial charge is 0.416 e. The highest BCUT2D eigenvalue weighted by Gasteiger charge is 2.44. The Balaban J connectivity index is 0.00000132. The molecule has 2 heterocycles. The van der Waals surface area contributed by atoms with Crippen LogP contribution >= 0.6 is 24.8 Å². The van der Waals surface area contributed by atoms with E-state index >= 15 is 0 Å². The molecule has 2 atom stereocenters. The summed E-state index contributed by atoms with van der Waals surface area (Å²) in [5, 5.41) is 0. The second kappa shape index (κ2) is 7.45. The number of hydrogen-bond acceptors (Lipinski definition) is 3. The molecular weight excluding hydrogens is 350 g/mol. The number of pyridine rings is 1. The summed E-state index contributed by atoms with van der Waals surface area (Å²) in [6, 6.07) is 2.59. The average Bonchev–Trinajstić information content (AvgIpc) is 3.16. The van der Waals surface area contributed by atoms with Crippen LogP contribution in [0.5, 0.6) is 0 Å². The van der Waals surface area contributed by atoms with Crippen LogP contribution in [0.4, 0.5) is 19.0 Å². The molecule has 1 aliphatic heterocycles. The molecule has 1 aliphatic carbocycles. The van der Waals surface area contributed by atoms with Crippen molar-refractivity contribution in [3.8, 4) is 0 Å². The molecule has 8 heteroatoms. The van der Waals surface area contributed by atoms with Crippen LogP contribution in [0.2, 0.25) is 0 Å². The SMILES string of the molecule is CN(C)[C@H]1CN(c2cc(C(F)(F)F)ccn2)C[C@@H]1C1CC1.Cl.Cl. The summed E-state index contributed by atoms with van der Waals surface area (Å²) < 4.78 is 38.5. The highest BCUT2D eigenvalue weighted by molar-refractivity contribution is 5.85. The molecule has 1 aromatic heterocycles. The number of nitrogens with zero attached hydrogens (tertiary/aromatic N) is 3. The van der Waals surface area contributed by atoms with Crippen molar-refractivity contribution in [1.29, 1.82) is 0 Å². The molecule has 0 spiro atoms. The second-order valence-corrected chi connectivity index (χ2v) is 6.34. The van der Waals surface area contributed by atoms with Crippen molar-refractivity contribution in [2.24, 2.45) is 11.8 Å². The first-order chi connectivity index (χ1) is 9.86. The van der Waals surface area contributed by atoms with E-state index in [0.717, 1.165) is 25.1 Å². The maximum atomic E-state index is 12.8. The Bertz CT molecular complexity index is 511. The first-order valence-corrected chi connectivity index (χ1v) is 7.31. The Morgan fingerprint density at radius 3 is 2.35 bits per heavy atom. The summed E-state index contributed by atoms with van der Waals surface area (Å²) >= 11 is 0. The molecule has 2 aliphatic rings. The molecule has 3 rings (SSSR count). The molecule has 3 nitrogen and oxygen atoms in total. The Morgan fingerprint density at radius 1 is 1.17 bits per heavy atom. The van der Waals surface area contributed by atoms with Crippen molar-refractivity contribution in [3.05, 3.63) is 23.9 Å². The fraction of sp³-hybridized carbons (Fsp3) is 0.667. The maximum absolute atomic E-state index is 12.8. The number of alkyl halides is 3. The molecule has 0 radical (unpaired) electrons. The molecule has 1 aromatic rings. The lowest BCUT2D eigenvalue weighted by Crippen LogP contribution is -2.36. The Kier molecular flexibility index (Phi) is 6.58. The molecule has 23 heavy (non-hydrogen) atoms. The van der Waals surface area contributed by atoms with Crippen molar-refractivity contribution in [2.45, 2.75) is 25.1 Å². The Labute approximate surface area is 147 Å². The lowest BCUT2D eigenvalue weighted by molar-refractivity contribution is -0.137. The van der Waals surface area contributed by atoms with E-state index < -0.39 is 11.7 Å². The van der Waals surface area contributed by atoms with Gasteiger partial charge in [0.1, 0.15) is 5.82 Å². The molecule has 0 N–H and O–H groups in total. The number of aromatic nitrogens is 1. The van der Waals surface area contributed by atoms with Gasteiger partial charge >= 0.3 is 6.18 Å². The third kappa shape index (κ3) is 4.43. The van der Waals surface area contributed by atoms with Crippen molar-refractivity contribution in [1.82, 2.24) is 9.88 Å². The Morgan fingerprint density at radius 2 is 1.83 bits per heavy atom. The van der Waals surface area contributed by atoms with Gasteiger partial charge in [-0.15, -0.1) is 24.8 Å². The third-order valence-electron chi connectivity index (χ3n) is 4.62. The highest BCUT2D eigenvalue weighted by Crippen LogP contribution is 2.43. The number of likely N-dealkylation sites (N-methyl/N-ethyl adjacent to an activating group) is 1. The van der Waals surface area contributed by atoms with Gasteiger partial charge in [0.2, 0.25) is 0 Å². The molecule has 1 saturated carbocycles. The summed E-state index contributed by atoms with van der Waals surface area (Å²) in [6.07, 6.45) is -0.556. The van der Waals surface area contributed by atoms with Crippen molar-refractivity contribution in [3.63, 3.8) is 0 Å². The first kappa shape index (κ1) is 20.3. The predicted octanol–water partition coefficient (Wildman–Crippen LogP) is 3.72. The lowest BCUT2D eigenvalue weighted by atomic mass is 9.97. The van der Waals surface area contributed by atoms with E-state index in [2.05, 4.69) is 9.88 Å². The average molecular weight is 372 g/mol. The van der Waals surface area contributed by atoms with E-state index in [1.807, 2.05) is 19.0 Å². The number of hydrogen-bond donors (Lipinski definition) is 0. The van der Waals surface area contributed by atoms with Gasteiger partial charge in [-0.1, -0.05) is 0 Å². The van der Waals surface area contributed by atoms with Crippen molar-refractivity contribution >= 4 is 30.6 Å². The van der Waals surface area contributed by atoms with Gasteiger partial charge in [-0.25, -0.2) is 4.98 Å². The molecule has 0 amide bonds. The minimum Gasteiger partial charge on any atom is -0.355 e. The van der Waals surface area contributed by atoms with Crippen LogP contribution < -0.4 is 4.90 Å². The standard InChI is InChI=1S/C15H20F3N3.2ClH/c1-20(2)13-9-21(8-12(13)10-3-4-10)14-7-11(5-6-19-14)15(16,17)18;;/h5-7,10,12-13H,3-4,8-9H2,1-2H3;2*1H/t12-,13+;;/m1../s1. The topological polar surface area (TPSA) is 19.4 Å². The summed E-state index contributed by atoms with van der Waals surface area (Å²) in [6.45, 7) is 1.56. The van der Waals surface area contributed by atoms with Gasteiger partial charge in [-0.05, 0) is 50.9 Å². The van der Waals surface area contributed by atoms with Gasteiger partial charge < -0.3 is 9.80 Å². The van der Waals surface area contributed by atoms with Crippen molar-refractivity contribution < 1.29 is 13.2 Å². The molecule has 0 unspecified atom stereocenters. The van der Waals surface area contributed by atoms with Crippen LogP contribution in [0.25, 0.3) is 0 Å². The molecule has 1 saturated heterocycles. The summed E-state index contributed by atoms with van der Waals surface area (Å²) in [5.41, 5.74) is -0.622. The highest BCUT2D eigenvalue weighted by atomic mass is 35.5. The van der Waals surface area contributed by atoms with E-state index in [0.29, 0.717) is 17.8 Å². The smallest absolute Gasteiger partial charge is 0.355 e. The molecular formula is C15H22Cl2F3N3. The minimum absolute atomic E-state index is 0. The van der Waals surface area contributed by atoms with Gasteiger partial charge in [0.15, 0.2) is 0 Å². The number of halogens is 5. The van der Waals surface area contributed by atoms with Gasteiger partial charge in [-0.3, -0.25) is 0 Å². The normalized spacial score (nSPS) is 24.3. The maximum Gasteiger partial charge on any atom is 0.416 e. The summed E-state index contributed by atoms with van der Waals surface area (Å²) in [7, 11) is 4.09. The first-order valence-electron chi connectivity index (χ1n) is 7.31. The summed E-state index contributed by atoms with van der Waals surface area (Å²) in [4.78, 5) is 8.34. The fourth-order valence-electron chi connectivity index (χ4n) is 3.30. The van der Waals surface area contributed by atoms with E-state index in [9.17, 15) is 13.2 Å². The van der Waals surface area contributed by atoms with E-state index in [1.165, 1.54) is 25.1 Å². The quantitative estimate of drug-likeness (QED) is 0.806. The molecule has 132 valence electrons. The van der Waals surface area contributed by atoms with Crippen LogP contribution in [0, 0.1) is 11.8 Å². The fourth-order valence-corrected chi connectivity index (χ4v) is 3.30. The van der Waals surface area contributed by atoms with Gasteiger partial charge in [0, 0.05) is 25.3 Å². The van der Waals surface area contributed by atoms with Crippen LogP contribution in [-0.2, 0) is 6.18 Å². The van der Waals surface area contributed by atoms with Crippen LogP contribution in [0.15, 0.2) is 18.3 Å². The van der Waals surface area contributed by atoms with E-state index in [1.54, 1.807) is 0 Å². The molecule has 2 fully saturated rings. The predicted molar refractivity (Wildman–Crippen MR) is 89.6 cm³/mol. The monoisotopic (exact) mass is 371 g/mol. The van der Waals surface area contributed by atoms with Crippen LogP contribution in [-0.4, -0.2) is 43.1 Å². The zero-order valence-electron chi connectivity index (χ0n) is 13.1. The second-order valence-electron chi connectivity index (χ2n) is 6.34. The zero-order valence-corrected chi connectivity index (χ0v) is 14.7. The van der Waals surface area contributed by atoms with Crippen LogP contribution in [0.3, 0.4) is 0 Å². The minimum atomic E-state index is -4.31. The van der Waals surface area contributed by atoms with E-state index in [-0.39, 0.29) is 24.8 Å². The zero-order chi connectivity index (χ0) is 15.2. The molecule has 0 bridgehead atoms. The third-order valence-corrected chi connectivity index (χ3v) is 4.62. The van der Waals surface area contributed by atoms with Crippen molar-refractivity contribution in [2.75, 3.05) is 32.1 Å². The van der Waals surface area contributed by atoms with Gasteiger partial charge in [0.05, 0.1) is 5.56 Å². The van der Waals surface area contributed by atoms with Gasteiger partial charge in [-0.2, -0.15) is 13.2 Å². The lowest BCUT2D eigenvalue weighted by Gasteiger charge is -2.24. The number of anilines is 1. The Hall–Kier alpha value is -0.720. The molecule has 0 aromatic carbocycles. The van der Waals surface area contributed by atoms with Gasteiger partial charge in [0.25, 0.3) is 0 Å². The van der Waals surface area contributed by atoms with Crippen LogP contribution in [0.1, 0.15) is 18.4 Å².